The minimum absolute atomic E-state index is 0.204. The molecule has 10 nitrogen and oxygen atoms in total. The average molecular weight is 482 g/mol. The number of pyridine rings is 1. The molecule has 0 unspecified atom stereocenters. The van der Waals surface area contributed by atoms with E-state index in [1.165, 1.54) is 11.2 Å². The van der Waals surface area contributed by atoms with Gasteiger partial charge in [-0.3, -0.25) is 4.79 Å². The van der Waals surface area contributed by atoms with Gasteiger partial charge in [0.05, 0.1) is 4.90 Å². The fourth-order valence-electron chi connectivity index (χ4n) is 3.75. The zero-order valence-corrected chi connectivity index (χ0v) is 20.1. The number of piperazine rings is 1. The Morgan fingerprint density at radius 3 is 2.26 bits per heavy atom. The fourth-order valence-corrected chi connectivity index (χ4v) is 5.38. The van der Waals surface area contributed by atoms with E-state index in [1.54, 1.807) is 31.3 Å². The molecular formula is C23H27N7O3S. The maximum absolute atomic E-state index is 13.2. The van der Waals surface area contributed by atoms with Crippen molar-refractivity contribution in [1.29, 1.82) is 0 Å². The highest BCUT2D eigenvalue weighted by Gasteiger charge is 2.30. The number of carbonyl (C=O) groups excluding carboxylic acids is 1. The third-order valence-electron chi connectivity index (χ3n) is 5.49. The number of benzene rings is 1. The number of aryl methyl sites for hydroxylation is 2. The Morgan fingerprint density at radius 2 is 1.68 bits per heavy atom. The van der Waals surface area contributed by atoms with Crippen LogP contribution in [0.5, 0.6) is 0 Å². The van der Waals surface area contributed by atoms with Crippen LogP contribution in [-0.2, 0) is 14.8 Å². The molecule has 0 atom stereocenters. The van der Waals surface area contributed by atoms with Gasteiger partial charge >= 0.3 is 0 Å². The van der Waals surface area contributed by atoms with Crippen molar-refractivity contribution in [3.8, 4) is 0 Å². The molecule has 0 saturated carbocycles. The first-order valence-electron chi connectivity index (χ1n) is 10.9. The average Bonchev–Trinajstić information content (AvgIpc) is 2.81. The van der Waals surface area contributed by atoms with Crippen LogP contribution < -0.4 is 15.5 Å². The van der Waals surface area contributed by atoms with Crippen molar-refractivity contribution < 1.29 is 13.2 Å². The van der Waals surface area contributed by atoms with E-state index in [2.05, 4.69) is 25.8 Å². The van der Waals surface area contributed by atoms with E-state index in [1.807, 2.05) is 36.1 Å². The Morgan fingerprint density at radius 1 is 0.941 bits per heavy atom. The van der Waals surface area contributed by atoms with Gasteiger partial charge in [0.25, 0.3) is 0 Å². The SMILES string of the molecule is CC(=O)Nc1ccc(S(=O)(=O)N2CCN(c3ccc(Nc4ccc(C)cn4)nn3)CC2)c(C)c1. The molecule has 1 fully saturated rings. The molecule has 0 spiro atoms. The molecule has 1 aliphatic rings. The molecular weight excluding hydrogens is 454 g/mol. The second-order valence-electron chi connectivity index (χ2n) is 8.18. The van der Waals surface area contributed by atoms with Crippen LogP contribution in [0.2, 0.25) is 0 Å². The summed E-state index contributed by atoms with van der Waals surface area (Å²) in [6.45, 7) is 6.79. The highest BCUT2D eigenvalue weighted by Crippen LogP contribution is 2.25. The zero-order chi connectivity index (χ0) is 24.3. The summed E-state index contributed by atoms with van der Waals surface area (Å²) in [5.41, 5.74) is 2.24. The van der Waals surface area contributed by atoms with E-state index >= 15 is 0 Å². The molecule has 0 aliphatic carbocycles. The summed E-state index contributed by atoms with van der Waals surface area (Å²) in [6.07, 6.45) is 1.77. The molecule has 2 N–H and O–H groups in total. The molecule has 1 aromatic carbocycles. The van der Waals surface area contributed by atoms with Gasteiger partial charge in [0, 0.05) is 45.0 Å². The van der Waals surface area contributed by atoms with E-state index in [9.17, 15) is 13.2 Å². The van der Waals surface area contributed by atoms with Crippen LogP contribution in [0.3, 0.4) is 0 Å². The van der Waals surface area contributed by atoms with E-state index in [-0.39, 0.29) is 10.8 Å². The van der Waals surface area contributed by atoms with Crippen LogP contribution >= 0.6 is 0 Å². The minimum atomic E-state index is -3.65. The van der Waals surface area contributed by atoms with E-state index in [0.29, 0.717) is 54.9 Å². The first-order chi connectivity index (χ1) is 16.2. The monoisotopic (exact) mass is 481 g/mol. The number of sulfonamides is 1. The number of nitrogens with zero attached hydrogens (tertiary/aromatic N) is 5. The predicted octanol–water partition coefficient (Wildman–Crippen LogP) is 2.70. The second kappa shape index (κ2) is 9.74. The smallest absolute Gasteiger partial charge is 0.243 e. The highest BCUT2D eigenvalue weighted by atomic mass is 32.2. The number of hydrogen-bond acceptors (Lipinski definition) is 8. The quantitative estimate of drug-likeness (QED) is 0.551. The molecule has 1 saturated heterocycles. The molecule has 0 radical (unpaired) electrons. The summed E-state index contributed by atoms with van der Waals surface area (Å²) < 4.78 is 27.9. The lowest BCUT2D eigenvalue weighted by Crippen LogP contribution is -2.49. The van der Waals surface area contributed by atoms with Gasteiger partial charge in [-0.1, -0.05) is 6.07 Å². The molecule has 1 aliphatic heterocycles. The lowest BCUT2D eigenvalue weighted by molar-refractivity contribution is -0.114. The summed E-state index contributed by atoms with van der Waals surface area (Å²) in [6, 6.07) is 12.3. The van der Waals surface area contributed by atoms with Crippen LogP contribution in [0.25, 0.3) is 0 Å². The number of nitrogens with one attached hydrogen (secondary N) is 2. The van der Waals surface area contributed by atoms with Gasteiger partial charge in [-0.15, -0.1) is 10.2 Å². The molecule has 2 aromatic heterocycles. The largest absolute Gasteiger partial charge is 0.352 e. The van der Waals surface area contributed by atoms with Gasteiger partial charge < -0.3 is 15.5 Å². The molecule has 0 bridgehead atoms. The summed E-state index contributed by atoms with van der Waals surface area (Å²) in [4.78, 5) is 17.8. The highest BCUT2D eigenvalue weighted by molar-refractivity contribution is 7.89. The van der Waals surface area contributed by atoms with Crippen molar-refractivity contribution in [3.05, 3.63) is 59.8 Å². The van der Waals surface area contributed by atoms with Crippen LogP contribution in [0.1, 0.15) is 18.1 Å². The Labute approximate surface area is 199 Å². The van der Waals surface area contributed by atoms with E-state index in [4.69, 9.17) is 0 Å². The Bertz CT molecular complexity index is 1270. The van der Waals surface area contributed by atoms with Crippen molar-refractivity contribution >= 4 is 39.1 Å². The second-order valence-corrected chi connectivity index (χ2v) is 10.1. The topological polar surface area (TPSA) is 120 Å². The first-order valence-corrected chi connectivity index (χ1v) is 12.3. The van der Waals surface area contributed by atoms with Crippen molar-refractivity contribution in [3.63, 3.8) is 0 Å². The summed E-state index contributed by atoms with van der Waals surface area (Å²) in [5.74, 6) is 1.76. The zero-order valence-electron chi connectivity index (χ0n) is 19.3. The first kappa shape index (κ1) is 23.6. The lowest BCUT2D eigenvalue weighted by Gasteiger charge is -2.34. The van der Waals surface area contributed by atoms with Gasteiger partial charge in [0.1, 0.15) is 5.82 Å². The Balaban J connectivity index is 1.38. The lowest BCUT2D eigenvalue weighted by atomic mass is 10.2. The molecule has 178 valence electrons. The maximum Gasteiger partial charge on any atom is 0.243 e. The maximum atomic E-state index is 13.2. The molecule has 3 heterocycles. The van der Waals surface area contributed by atoms with Gasteiger partial charge in [0.15, 0.2) is 11.6 Å². The van der Waals surface area contributed by atoms with Gasteiger partial charge in [-0.05, 0) is 61.4 Å². The third kappa shape index (κ3) is 5.32. The van der Waals surface area contributed by atoms with Crippen LogP contribution in [0.15, 0.2) is 53.6 Å². The number of rotatable bonds is 6. The molecule has 11 heteroatoms. The fraction of sp³-hybridized carbons (Fsp3) is 0.304. The van der Waals surface area contributed by atoms with Gasteiger partial charge in [-0.25, -0.2) is 13.4 Å². The number of amides is 1. The normalized spacial score (nSPS) is 14.6. The summed E-state index contributed by atoms with van der Waals surface area (Å²) in [5, 5.41) is 14.3. The summed E-state index contributed by atoms with van der Waals surface area (Å²) in [7, 11) is -3.65. The minimum Gasteiger partial charge on any atom is -0.352 e. The van der Waals surface area contributed by atoms with Gasteiger partial charge in [-0.2, -0.15) is 4.31 Å². The van der Waals surface area contributed by atoms with E-state index < -0.39 is 10.0 Å². The Hall–Kier alpha value is -3.57. The van der Waals surface area contributed by atoms with Crippen LogP contribution in [-0.4, -0.2) is 60.0 Å². The standard InChI is InChI=1S/C23H27N7O3S/c1-16-4-7-21(24-15-16)26-22-8-9-23(28-27-22)29-10-12-30(13-11-29)34(32,33)20-6-5-19(14-17(20)2)25-18(3)31/h4-9,14-15H,10-13H2,1-3H3,(H,25,31)(H,24,26,27). The van der Waals surface area contributed by atoms with Crippen molar-refractivity contribution in [2.45, 2.75) is 25.7 Å². The van der Waals surface area contributed by atoms with Crippen molar-refractivity contribution in [1.82, 2.24) is 19.5 Å². The van der Waals surface area contributed by atoms with Crippen molar-refractivity contribution in [2.24, 2.45) is 0 Å². The predicted molar refractivity (Wildman–Crippen MR) is 131 cm³/mol. The Kier molecular flexibility index (Phi) is 6.75. The van der Waals surface area contributed by atoms with E-state index in [0.717, 1.165) is 5.56 Å². The van der Waals surface area contributed by atoms with Crippen LogP contribution in [0, 0.1) is 13.8 Å². The number of carbonyl (C=O) groups is 1. The third-order valence-corrected chi connectivity index (χ3v) is 7.55. The number of anilines is 4. The summed E-state index contributed by atoms with van der Waals surface area (Å²) >= 11 is 0. The molecule has 1 amide bonds. The number of aromatic nitrogens is 3. The molecule has 4 rings (SSSR count). The number of hydrogen-bond donors (Lipinski definition) is 2. The van der Waals surface area contributed by atoms with Crippen LogP contribution in [0.4, 0.5) is 23.1 Å². The molecule has 34 heavy (non-hydrogen) atoms. The molecule has 3 aromatic rings. The van der Waals surface area contributed by atoms with Crippen molar-refractivity contribution in [2.75, 3.05) is 41.7 Å². The van der Waals surface area contributed by atoms with Gasteiger partial charge in [0.2, 0.25) is 15.9 Å².